The van der Waals surface area contributed by atoms with Gasteiger partial charge in [-0.1, -0.05) is 12.2 Å². The molecule has 1 aromatic rings. The molecule has 0 spiro atoms. The predicted octanol–water partition coefficient (Wildman–Crippen LogP) is 2.36. The highest BCUT2D eigenvalue weighted by Crippen LogP contribution is 2.60. The highest BCUT2D eigenvalue weighted by atomic mass is 19.4. The van der Waals surface area contributed by atoms with Crippen LogP contribution in [0.4, 0.5) is 22.0 Å². The zero-order chi connectivity index (χ0) is 14.9. The Morgan fingerprint density at radius 1 is 1.40 bits per heavy atom. The Morgan fingerprint density at radius 2 is 2.05 bits per heavy atom. The molecule has 0 aromatic carbocycles. The van der Waals surface area contributed by atoms with Crippen LogP contribution in [0.3, 0.4) is 0 Å². The van der Waals surface area contributed by atoms with Gasteiger partial charge in [-0.25, -0.2) is 0 Å². The molecular formula is C11H7F5N2O2. The van der Waals surface area contributed by atoms with Crippen LogP contribution in [0, 0.1) is 5.92 Å². The minimum atomic E-state index is -4.90. The number of hydrogen-bond acceptors (Lipinski definition) is 2. The average Bonchev–Trinajstić information content (AvgIpc) is 2.59. The molecule has 0 amide bonds. The Kier molecular flexibility index (Phi) is 2.34. The molecule has 9 heteroatoms. The molecule has 1 heterocycles. The van der Waals surface area contributed by atoms with E-state index in [0.717, 1.165) is 6.08 Å². The number of rotatable bonds is 2. The first kappa shape index (κ1) is 13.1. The van der Waals surface area contributed by atoms with Crippen LogP contribution in [-0.4, -0.2) is 20.9 Å². The maximum absolute atomic E-state index is 14.1. The standard InChI is InChI=1S/C11H7F5N2O2/c12-10(13)5-2-1-4(5)7-8(11(14,15)16)17-18(9(7)10)3-6(19)20/h1-2,4-5H,3H2,(H,19,20). The van der Waals surface area contributed by atoms with Crippen LogP contribution in [0.25, 0.3) is 0 Å². The molecule has 2 aliphatic rings. The van der Waals surface area contributed by atoms with Gasteiger partial charge >= 0.3 is 12.1 Å². The highest BCUT2D eigenvalue weighted by Gasteiger charge is 2.61. The van der Waals surface area contributed by atoms with Crippen molar-refractivity contribution in [3.8, 4) is 0 Å². The van der Waals surface area contributed by atoms with E-state index < -0.39 is 53.4 Å². The Labute approximate surface area is 108 Å². The molecule has 1 N–H and O–H groups in total. The average molecular weight is 294 g/mol. The van der Waals surface area contributed by atoms with Crippen LogP contribution in [0.1, 0.15) is 22.9 Å². The van der Waals surface area contributed by atoms with Crippen molar-refractivity contribution in [2.75, 3.05) is 0 Å². The molecule has 0 bridgehead atoms. The smallest absolute Gasteiger partial charge is 0.435 e. The van der Waals surface area contributed by atoms with Crippen LogP contribution in [0.2, 0.25) is 0 Å². The van der Waals surface area contributed by atoms with E-state index in [9.17, 15) is 26.7 Å². The highest BCUT2D eigenvalue weighted by molar-refractivity contribution is 5.67. The van der Waals surface area contributed by atoms with Gasteiger partial charge in [-0.3, -0.25) is 9.48 Å². The fourth-order valence-corrected chi connectivity index (χ4v) is 2.71. The van der Waals surface area contributed by atoms with Gasteiger partial charge < -0.3 is 5.11 Å². The molecule has 1 aromatic heterocycles. The third kappa shape index (κ3) is 1.52. The summed E-state index contributed by atoms with van der Waals surface area (Å²) in [5.41, 5.74) is -2.96. The lowest BCUT2D eigenvalue weighted by Gasteiger charge is -2.27. The van der Waals surface area contributed by atoms with Crippen LogP contribution in [0.15, 0.2) is 12.2 Å². The Balaban J connectivity index is 2.23. The number of carboxylic acids is 1. The van der Waals surface area contributed by atoms with E-state index in [2.05, 4.69) is 5.10 Å². The lowest BCUT2D eigenvalue weighted by atomic mass is 9.81. The number of alkyl halides is 5. The van der Waals surface area contributed by atoms with Crippen molar-refractivity contribution >= 4 is 5.97 Å². The maximum atomic E-state index is 14.1. The Bertz CT molecular complexity index is 631. The summed E-state index contributed by atoms with van der Waals surface area (Å²) in [6.45, 7) is -1.03. The van der Waals surface area contributed by atoms with E-state index >= 15 is 0 Å². The molecular weight excluding hydrogens is 287 g/mol. The van der Waals surface area contributed by atoms with Crippen molar-refractivity contribution in [2.24, 2.45) is 5.92 Å². The SMILES string of the molecule is O=C(O)Cn1nc(C(F)(F)F)c2c1C(F)(F)C1C=CC21. The van der Waals surface area contributed by atoms with Gasteiger partial charge in [-0.15, -0.1) is 0 Å². The van der Waals surface area contributed by atoms with Crippen molar-refractivity contribution in [2.45, 2.75) is 24.6 Å². The maximum Gasteiger partial charge on any atom is 0.435 e. The Morgan fingerprint density at radius 3 is 2.50 bits per heavy atom. The molecule has 0 fully saturated rings. The van der Waals surface area contributed by atoms with Gasteiger partial charge in [0.25, 0.3) is 5.92 Å². The molecule has 0 saturated carbocycles. The van der Waals surface area contributed by atoms with Gasteiger partial charge in [0.15, 0.2) is 5.69 Å². The molecule has 0 radical (unpaired) electrons. The Hall–Kier alpha value is -1.93. The largest absolute Gasteiger partial charge is 0.480 e. The first-order valence-electron chi connectivity index (χ1n) is 5.60. The lowest BCUT2D eigenvalue weighted by molar-refractivity contribution is -0.144. The first-order chi connectivity index (χ1) is 9.14. The van der Waals surface area contributed by atoms with E-state index in [4.69, 9.17) is 5.11 Å². The predicted molar refractivity (Wildman–Crippen MR) is 54.1 cm³/mol. The number of nitrogens with zero attached hydrogens (tertiary/aromatic N) is 2. The number of fused-ring (bicyclic) bond motifs is 3. The minimum absolute atomic E-state index is 0.250. The van der Waals surface area contributed by atoms with E-state index in [0.29, 0.717) is 0 Å². The molecule has 2 aliphatic carbocycles. The van der Waals surface area contributed by atoms with Crippen molar-refractivity contribution in [1.29, 1.82) is 0 Å². The van der Waals surface area contributed by atoms with Crippen molar-refractivity contribution in [3.05, 3.63) is 29.1 Å². The zero-order valence-electron chi connectivity index (χ0n) is 9.66. The summed E-state index contributed by atoms with van der Waals surface area (Å²) in [6.07, 6.45) is -2.51. The van der Waals surface area contributed by atoms with Crippen LogP contribution < -0.4 is 0 Å². The number of aromatic nitrogens is 2. The van der Waals surface area contributed by atoms with Gasteiger partial charge in [-0.05, 0) is 0 Å². The number of halogens is 5. The normalized spacial score (nSPS) is 26.1. The molecule has 2 unspecified atom stereocenters. The quantitative estimate of drug-likeness (QED) is 0.673. The number of carbonyl (C=O) groups is 1. The summed E-state index contributed by atoms with van der Waals surface area (Å²) in [5, 5.41) is 11.7. The van der Waals surface area contributed by atoms with E-state index in [-0.39, 0.29) is 4.68 Å². The van der Waals surface area contributed by atoms with Crippen LogP contribution in [-0.2, 0) is 23.4 Å². The fraction of sp³-hybridized carbons (Fsp3) is 0.455. The van der Waals surface area contributed by atoms with Gasteiger partial charge in [0.05, 0.1) is 5.92 Å². The summed E-state index contributed by atoms with van der Waals surface area (Å²) in [7, 11) is 0. The van der Waals surface area contributed by atoms with Crippen LogP contribution in [0.5, 0.6) is 0 Å². The third-order valence-electron chi connectivity index (χ3n) is 3.52. The zero-order valence-corrected chi connectivity index (χ0v) is 9.66. The topological polar surface area (TPSA) is 55.1 Å². The molecule has 2 atom stereocenters. The first-order valence-corrected chi connectivity index (χ1v) is 5.60. The number of hydrogen-bond donors (Lipinski definition) is 1. The molecule has 4 nitrogen and oxygen atoms in total. The fourth-order valence-electron chi connectivity index (χ4n) is 2.71. The number of aliphatic carboxylic acids is 1. The van der Waals surface area contributed by atoms with E-state index in [1.807, 2.05) is 0 Å². The second kappa shape index (κ2) is 3.58. The molecule has 108 valence electrons. The molecule has 20 heavy (non-hydrogen) atoms. The number of allylic oxidation sites excluding steroid dienone is 2. The minimum Gasteiger partial charge on any atom is -0.480 e. The molecule has 0 aliphatic heterocycles. The van der Waals surface area contributed by atoms with Crippen LogP contribution >= 0.6 is 0 Å². The van der Waals surface area contributed by atoms with Crippen molar-refractivity contribution in [1.82, 2.24) is 9.78 Å². The second-order valence-electron chi connectivity index (χ2n) is 4.72. The van der Waals surface area contributed by atoms with E-state index in [1.54, 1.807) is 0 Å². The van der Waals surface area contributed by atoms with Gasteiger partial charge in [0.1, 0.15) is 12.2 Å². The summed E-state index contributed by atoms with van der Waals surface area (Å²) >= 11 is 0. The van der Waals surface area contributed by atoms with Gasteiger partial charge in [0, 0.05) is 11.5 Å². The summed E-state index contributed by atoms with van der Waals surface area (Å²) in [5.74, 6) is -7.48. The lowest BCUT2D eigenvalue weighted by Crippen LogP contribution is -2.29. The second-order valence-corrected chi connectivity index (χ2v) is 4.72. The summed E-state index contributed by atoms with van der Waals surface area (Å²) in [4.78, 5) is 10.6. The van der Waals surface area contributed by atoms with Gasteiger partial charge in [0.2, 0.25) is 0 Å². The monoisotopic (exact) mass is 294 g/mol. The van der Waals surface area contributed by atoms with Crippen molar-refractivity contribution in [3.63, 3.8) is 0 Å². The third-order valence-corrected chi connectivity index (χ3v) is 3.52. The van der Waals surface area contributed by atoms with E-state index in [1.165, 1.54) is 6.08 Å². The summed E-state index contributed by atoms with van der Waals surface area (Å²) < 4.78 is 67.0. The van der Waals surface area contributed by atoms with Gasteiger partial charge in [-0.2, -0.15) is 27.1 Å². The molecule has 0 saturated heterocycles. The summed E-state index contributed by atoms with van der Waals surface area (Å²) in [6, 6.07) is 0. The van der Waals surface area contributed by atoms with Crippen molar-refractivity contribution < 1.29 is 31.9 Å². The number of carboxylic acid groups (broad SMARTS) is 1. The molecule has 3 rings (SSSR count).